The number of phosphoric ester groups is 1. The van der Waals surface area contributed by atoms with E-state index in [1.807, 2.05) is 21.1 Å². The van der Waals surface area contributed by atoms with Crippen molar-refractivity contribution in [3.05, 3.63) is 60.8 Å². The molecule has 2 N–H and O–H groups in total. The third-order valence-electron chi connectivity index (χ3n) is 13.8. The van der Waals surface area contributed by atoms with Crippen LogP contribution in [0.3, 0.4) is 0 Å². The topological polar surface area (TPSA) is 108 Å². The normalized spacial score (nSPS) is 14.3. The molecule has 0 aliphatic heterocycles. The van der Waals surface area contributed by atoms with Gasteiger partial charge >= 0.3 is 0 Å². The second kappa shape index (κ2) is 54.0. The van der Waals surface area contributed by atoms with E-state index in [0.717, 1.165) is 83.5 Å². The predicted octanol–water partition coefficient (Wildman–Crippen LogP) is 18.2. The smallest absolute Gasteiger partial charge is 0.268 e. The van der Waals surface area contributed by atoms with Crippen LogP contribution in [0.15, 0.2) is 60.8 Å². The third kappa shape index (κ3) is 55.9. The Morgan fingerprint density at radius 1 is 0.500 bits per heavy atom. The number of allylic oxidation sites excluding steroid dienone is 10. The lowest BCUT2D eigenvalue weighted by Crippen LogP contribution is -2.46. The van der Waals surface area contributed by atoms with E-state index in [4.69, 9.17) is 9.05 Å². The van der Waals surface area contributed by atoms with E-state index in [9.17, 15) is 19.4 Å². The number of aliphatic hydroxyl groups is 1. The maximum atomic E-state index is 13.0. The summed E-state index contributed by atoms with van der Waals surface area (Å²) in [6, 6.07) is -0.811. The minimum atomic E-state index is -4.58. The maximum Gasteiger partial charge on any atom is 0.268 e. The van der Waals surface area contributed by atoms with Gasteiger partial charge in [-0.1, -0.05) is 280 Å². The number of hydrogen-bond acceptors (Lipinski definition) is 6. The summed E-state index contributed by atoms with van der Waals surface area (Å²) >= 11 is 0. The van der Waals surface area contributed by atoms with E-state index in [1.54, 1.807) is 0 Å². The standard InChI is InChI=1S/C63H119N2O6P/c1-6-8-10-12-14-16-18-20-22-24-26-28-30-31-32-33-35-36-38-40-42-44-46-48-50-52-54-56-62(66)61(60-71-72(68,69)70-59-58-65(3,4)5)64-63(67)57-55-53-51-49-47-45-43-41-39-37-34-29-27-25-23-21-19-17-15-13-11-9-7-2/h9,11,15,17,21,23,27,29,37,39,61-62,66H,6-8,10,12-14,16,18-20,22,24-26,28,30-36,38,40-60H2,1-5H3,(H-,64,67,68,69)/b11-9-,17-15-,23-21-,29-27-,39-37-. The highest BCUT2D eigenvalue weighted by Gasteiger charge is 2.24. The molecule has 8 nitrogen and oxygen atoms in total. The van der Waals surface area contributed by atoms with E-state index in [2.05, 4.69) is 79.9 Å². The summed E-state index contributed by atoms with van der Waals surface area (Å²) in [5.41, 5.74) is 0. The highest BCUT2D eigenvalue weighted by molar-refractivity contribution is 7.45. The number of phosphoric acid groups is 1. The van der Waals surface area contributed by atoms with Crippen molar-refractivity contribution < 1.29 is 32.9 Å². The summed E-state index contributed by atoms with van der Waals surface area (Å²) in [6.45, 7) is 4.63. The fourth-order valence-electron chi connectivity index (χ4n) is 9.01. The fourth-order valence-corrected chi connectivity index (χ4v) is 9.73. The fraction of sp³-hybridized carbons (Fsp3) is 0.825. The van der Waals surface area contributed by atoms with Crippen LogP contribution in [0.2, 0.25) is 0 Å². The molecule has 72 heavy (non-hydrogen) atoms. The predicted molar refractivity (Wildman–Crippen MR) is 311 cm³/mol. The van der Waals surface area contributed by atoms with Crippen molar-refractivity contribution in [1.29, 1.82) is 0 Å². The first-order valence-corrected chi connectivity index (χ1v) is 32.1. The average molecular weight is 1030 g/mol. The van der Waals surface area contributed by atoms with Crippen molar-refractivity contribution in [3.8, 4) is 0 Å². The molecule has 0 spiro atoms. The van der Waals surface area contributed by atoms with Crippen LogP contribution in [0.25, 0.3) is 0 Å². The van der Waals surface area contributed by atoms with Gasteiger partial charge < -0.3 is 28.8 Å². The van der Waals surface area contributed by atoms with E-state index in [-0.39, 0.29) is 19.1 Å². The van der Waals surface area contributed by atoms with Crippen molar-refractivity contribution >= 4 is 13.7 Å². The Labute approximate surface area is 447 Å². The van der Waals surface area contributed by atoms with Crippen LogP contribution in [0.1, 0.15) is 284 Å². The van der Waals surface area contributed by atoms with Gasteiger partial charge in [0.05, 0.1) is 39.9 Å². The number of hydrogen-bond donors (Lipinski definition) is 2. The average Bonchev–Trinajstić information content (AvgIpc) is 3.34. The number of nitrogens with one attached hydrogen (secondary N) is 1. The first kappa shape index (κ1) is 70.2. The number of quaternary nitrogens is 1. The van der Waals surface area contributed by atoms with Crippen LogP contribution in [0.5, 0.6) is 0 Å². The molecule has 1 amide bonds. The molecule has 0 heterocycles. The first-order valence-electron chi connectivity index (χ1n) is 30.6. The molecule has 0 radical (unpaired) electrons. The summed E-state index contributed by atoms with van der Waals surface area (Å²) in [6.07, 6.45) is 72.6. The monoisotopic (exact) mass is 1030 g/mol. The van der Waals surface area contributed by atoms with Gasteiger partial charge in [-0.05, 0) is 57.8 Å². The molecule has 422 valence electrons. The molecule has 0 fully saturated rings. The number of carbonyl (C=O) groups excluding carboxylic acids is 1. The van der Waals surface area contributed by atoms with Crippen LogP contribution in [0, 0.1) is 0 Å². The molecule has 0 bridgehead atoms. The zero-order valence-electron chi connectivity index (χ0n) is 48.1. The lowest BCUT2D eigenvalue weighted by molar-refractivity contribution is -0.870. The zero-order valence-corrected chi connectivity index (χ0v) is 49.0. The molecule has 3 atom stereocenters. The van der Waals surface area contributed by atoms with Gasteiger partial charge in [0.15, 0.2) is 0 Å². The number of likely N-dealkylation sites (N-methyl/N-ethyl adjacent to an activating group) is 1. The van der Waals surface area contributed by atoms with Crippen molar-refractivity contribution in [2.45, 2.75) is 296 Å². The molecule has 0 saturated carbocycles. The van der Waals surface area contributed by atoms with Crippen molar-refractivity contribution in [2.24, 2.45) is 0 Å². The van der Waals surface area contributed by atoms with Crippen LogP contribution in [-0.2, 0) is 18.4 Å². The molecule has 9 heteroatoms. The summed E-state index contributed by atoms with van der Waals surface area (Å²) in [4.78, 5) is 25.6. The molecule has 0 aromatic heterocycles. The Morgan fingerprint density at radius 3 is 1.24 bits per heavy atom. The van der Waals surface area contributed by atoms with Crippen LogP contribution in [-0.4, -0.2) is 68.5 Å². The van der Waals surface area contributed by atoms with Gasteiger partial charge in [0.1, 0.15) is 13.2 Å². The van der Waals surface area contributed by atoms with Gasteiger partial charge in [-0.2, -0.15) is 0 Å². The second-order valence-electron chi connectivity index (χ2n) is 22.0. The summed E-state index contributed by atoms with van der Waals surface area (Å²) < 4.78 is 23.5. The Kier molecular flexibility index (Phi) is 52.7. The van der Waals surface area contributed by atoms with Crippen molar-refractivity contribution in [3.63, 3.8) is 0 Å². The van der Waals surface area contributed by atoms with Crippen LogP contribution in [0.4, 0.5) is 0 Å². The maximum absolute atomic E-state index is 13.0. The molecule has 0 aromatic rings. The lowest BCUT2D eigenvalue weighted by atomic mass is 10.0. The molecule has 0 saturated heterocycles. The molecule has 0 aromatic carbocycles. The van der Waals surface area contributed by atoms with E-state index in [1.165, 1.54) is 173 Å². The van der Waals surface area contributed by atoms with Crippen LogP contribution < -0.4 is 10.2 Å². The first-order chi connectivity index (χ1) is 35.0. The Hall–Kier alpha value is -1.80. The third-order valence-corrected chi connectivity index (χ3v) is 14.7. The summed E-state index contributed by atoms with van der Waals surface area (Å²) in [5.74, 6) is -0.174. The number of carbonyl (C=O) groups is 1. The molecule has 0 rings (SSSR count). The number of unbranched alkanes of at least 4 members (excludes halogenated alkanes) is 33. The minimum absolute atomic E-state index is 0.00771. The lowest BCUT2D eigenvalue weighted by Gasteiger charge is -2.30. The highest BCUT2D eigenvalue weighted by Crippen LogP contribution is 2.38. The molecular formula is C63H119N2O6P. The van der Waals surface area contributed by atoms with Gasteiger partial charge in [-0.15, -0.1) is 0 Å². The largest absolute Gasteiger partial charge is 0.756 e. The van der Waals surface area contributed by atoms with E-state index in [0.29, 0.717) is 23.9 Å². The Morgan fingerprint density at radius 2 is 0.847 bits per heavy atom. The summed E-state index contributed by atoms with van der Waals surface area (Å²) in [7, 11) is 1.30. The number of nitrogens with zero attached hydrogens (tertiary/aromatic N) is 1. The highest BCUT2D eigenvalue weighted by atomic mass is 31.2. The SMILES string of the molecule is CC/C=C\C/C=C\C/C=C\C/C=C\C/C=C\CCCCCCCCCC(=O)NC(COP(=O)([O-])OCC[N+](C)(C)C)C(O)CCCCCCCCCCCCCCCCCCCCCCCCCCCCC. The van der Waals surface area contributed by atoms with Crippen molar-refractivity contribution in [2.75, 3.05) is 40.9 Å². The van der Waals surface area contributed by atoms with Gasteiger partial charge in [0.25, 0.3) is 7.82 Å². The molecule has 0 aliphatic rings. The van der Waals surface area contributed by atoms with E-state index >= 15 is 0 Å². The van der Waals surface area contributed by atoms with Gasteiger partial charge in [-0.25, -0.2) is 0 Å². The van der Waals surface area contributed by atoms with Crippen LogP contribution >= 0.6 is 7.82 Å². The van der Waals surface area contributed by atoms with Gasteiger partial charge in [-0.3, -0.25) is 9.36 Å². The zero-order chi connectivity index (χ0) is 52.7. The number of rotatable bonds is 56. The second-order valence-corrected chi connectivity index (χ2v) is 23.4. The van der Waals surface area contributed by atoms with Gasteiger partial charge in [0, 0.05) is 6.42 Å². The minimum Gasteiger partial charge on any atom is -0.756 e. The molecular weight excluding hydrogens is 912 g/mol. The molecule has 3 unspecified atom stereocenters. The number of aliphatic hydroxyl groups excluding tert-OH is 1. The number of amides is 1. The van der Waals surface area contributed by atoms with E-state index < -0.39 is 20.0 Å². The Balaban J connectivity index is 4.15. The quantitative estimate of drug-likeness (QED) is 0.0272. The molecule has 0 aliphatic carbocycles. The van der Waals surface area contributed by atoms with Crippen molar-refractivity contribution in [1.82, 2.24) is 5.32 Å². The van der Waals surface area contributed by atoms with Gasteiger partial charge in [0.2, 0.25) is 5.91 Å². The summed E-state index contributed by atoms with van der Waals surface area (Å²) in [5, 5.41) is 14.1. The Bertz CT molecular complexity index is 1360.